The zero-order valence-corrected chi connectivity index (χ0v) is 15.0. The lowest BCUT2D eigenvalue weighted by Crippen LogP contribution is -2.43. The Hall–Kier alpha value is -1.95. The highest BCUT2D eigenvalue weighted by Gasteiger charge is 2.21. The quantitative estimate of drug-likeness (QED) is 0.834. The predicted molar refractivity (Wildman–Crippen MR) is 97.9 cm³/mol. The Morgan fingerprint density at radius 1 is 1.24 bits per heavy atom. The maximum Gasteiger partial charge on any atom is 0.253 e. The number of hydrogen-bond donors (Lipinski definition) is 1. The predicted octanol–water partition coefficient (Wildman–Crippen LogP) is 2.85. The average molecular weight is 360 g/mol. The highest BCUT2D eigenvalue weighted by Crippen LogP contribution is 2.17. The number of aryl methyl sites for hydroxylation is 1. The van der Waals surface area contributed by atoms with Gasteiger partial charge in [0.1, 0.15) is 5.15 Å². The smallest absolute Gasteiger partial charge is 0.253 e. The van der Waals surface area contributed by atoms with Crippen LogP contribution in [0.15, 0.2) is 42.6 Å². The van der Waals surface area contributed by atoms with Gasteiger partial charge in [-0.25, -0.2) is 4.98 Å². The summed E-state index contributed by atoms with van der Waals surface area (Å²) < 4.78 is 5.41. The molecule has 0 unspecified atom stereocenters. The molecule has 132 valence electrons. The van der Waals surface area contributed by atoms with E-state index in [1.165, 1.54) is 11.8 Å². The largest absolute Gasteiger partial charge is 0.379 e. The lowest BCUT2D eigenvalue weighted by molar-refractivity contribution is 0.0332. The molecule has 6 heteroatoms. The minimum absolute atomic E-state index is 0.0955. The van der Waals surface area contributed by atoms with Crippen LogP contribution in [0.25, 0.3) is 0 Å². The average Bonchev–Trinajstić information content (AvgIpc) is 2.63. The third-order valence-electron chi connectivity index (χ3n) is 4.32. The number of carbonyl (C=O) groups is 1. The number of morpholine rings is 1. The zero-order chi connectivity index (χ0) is 17.6. The molecule has 2 aromatic rings. The second kappa shape index (κ2) is 8.43. The van der Waals surface area contributed by atoms with Gasteiger partial charge in [-0.2, -0.15) is 0 Å². The minimum atomic E-state index is -0.150. The van der Waals surface area contributed by atoms with Crippen molar-refractivity contribution >= 4 is 17.5 Å². The van der Waals surface area contributed by atoms with Gasteiger partial charge in [-0.3, -0.25) is 9.69 Å². The number of halogens is 1. The second-order valence-corrected chi connectivity index (χ2v) is 6.61. The van der Waals surface area contributed by atoms with Gasteiger partial charge in [0.15, 0.2) is 0 Å². The van der Waals surface area contributed by atoms with E-state index in [1.54, 1.807) is 12.1 Å². The van der Waals surface area contributed by atoms with Crippen molar-refractivity contribution in [2.45, 2.75) is 13.0 Å². The Balaban J connectivity index is 1.76. The van der Waals surface area contributed by atoms with E-state index in [2.05, 4.69) is 46.4 Å². The monoisotopic (exact) mass is 359 g/mol. The van der Waals surface area contributed by atoms with Crippen LogP contribution in [0.4, 0.5) is 0 Å². The van der Waals surface area contributed by atoms with Crippen molar-refractivity contribution < 1.29 is 9.53 Å². The lowest BCUT2D eigenvalue weighted by atomic mass is 10.0. The Kier molecular flexibility index (Phi) is 6.02. The summed E-state index contributed by atoms with van der Waals surface area (Å²) in [6.07, 6.45) is 1.50. The number of amides is 1. The molecule has 1 N–H and O–H groups in total. The number of nitrogens with one attached hydrogen (secondary N) is 1. The summed E-state index contributed by atoms with van der Waals surface area (Å²) in [4.78, 5) is 18.9. The van der Waals surface area contributed by atoms with Crippen molar-refractivity contribution in [3.05, 3.63) is 64.4 Å². The van der Waals surface area contributed by atoms with Crippen LogP contribution >= 0.6 is 11.6 Å². The SMILES string of the molecule is Cc1ccc([C@@H](CN2CCOCC2)NC(=O)c2ccc(Cl)nc2)cc1. The summed E-state index contributed by atoms with van der Waals surface area (Å²) >= 11 is 5.80. The number of carbonyl (C=O) groups excluding carboxylic acids is 1. The van der Waals surface area contributed by atoms with E-state index in [-0.39, 0.29) is 11.9 Å². The highest BCUT2D eigenvalue weighted by molar-refractivity contribution is 6.29. The fourth-order valence-electron chi connectivity index (χ4n) is 2.83. The number of ether oxygens (including phenoxy) is 1. The van der Waals surface area contributed by atoms with Gasteiger partial charge in [0, 0.05) is 25.8 Å². The highest BCUT2D eigenvalue weighted by atomic mass is 35.5. The fraction of sp³-hybridized carbons (Fsp3) is 0.368. The number of pyridine rings is 1. The first kappa shape index (κ1) is 17.9. The molecule has 2 heterocycles. The fourth-order valence-corrected chi connectivity index (χ4v) is 2.94. The van der Waals surface area contributed by atoms with Crippen molar-refractivity contribution in [2.75, 3.05) is 32.8 Å². The van der Waals surface area contributed by atoms with E-state index < -0.39 is 0 Å². The van der Waals surface area contributed by atoms with Gasteiger partial charge in [0.05, 0.1) is 24.8 Å². The number of rotatable bonds is 5. The summed E-state index contributed by atoms with van der Waals surface area (Å²) in [5.41, 5.74) is 2.79. The van der Waals surface area contributed by atoms with Crippen molar-refractivity contribution in [1.29, 1.82) is 0 Å². The van der Waals surface area contributed by atoms with Crippen LogP contribution in [0.2, 0.25) is 5.15 Å². The third kappa shape index (κ3) is 5.01. The maximum absolute atomic E-state index is 12.6. The number of hydrogen-bond acceptors (Lipinski definition) is 4. The van der Waals surface area contributed by atoms with E-state index in [0.717, 1.165) is 38.4 Å². The molecule has 1 amide bonds. The first-order valence-electron chi connectivity index (χ1n) is 8.41. The molecule has 0 bridgehead atoms. The molecule has 0 radical (unpaired) electrons. The van der Waals surface area contributed by atoms with Gasteiger partial charge >= 0.3 is 0 Å². The van der Waals surface area contributed by atoms with Gasteiger partial charge in [0.2, 0.25) is 0 Å². The molecule has 1 atom stereocenters. The van der Waals surface area contributed by atoms with Crippen LogP contribution in [0, 0.1) is 6.92 Å². The van der Waals surface area contributed by atoms with E-state index in [9.17, 15) is 4.79 Å². The minimum Gasteiger partial charge on any atom is -0.379 e. The molecule has 1 saturated heterocycles. The standard InChI is InChI=1S/C19H22ClN3O2/c1-14-2-4-15(5-3-14)17(13-23-8-10-25-11-9-23)22-19(24)16-6-7-18(20)21-12-16/h2-7,12,17H,8-11,13H2,1H3,(H,22,24)/t17-/m1/s1. The molecule has 1 aliphatic rings. The Morgan fingerprint density at radius 3 is 2.60 bits per heavy atom. The van der Waals surface area contributed by atoms with Crippen molar-refractivity contribution in [3.63, 3.8) is 0 Å². The molecular formula is C19H22ClN3O2. The van der Waals surface area contributed by atoms with Crippen LogP contribution < -0.4 is 5.32 Å². The van der Waals surface area contributed by atoms with Gasteiger partial charge in [-0.15, -0.1) is 0 Å². The van der Waals surface area contributed by atoms with Crippen molar-refractivity contribution in [2.24, 2.45) is 0 Å². The molecule has 0 aliphatic carbocycles. The maximum atomic E-state index is 12.6. The third-order valence-corrected chi connectivity index (χ3v) is 4.54. The van der Waals surface area contributed by atoms with Crippen LogP contribution in [-0.2, 0) is 4.74 Å². The summed E-state index contributed by atoms with van der Waals surface area (Å²) in [6, 6.07) is 11.5. The molecule has 0 saturated carbocycles. The Morgan fingerprint density at radius 2 is 1.96 bits per heavy atom. The molecule has 1 fully saturated rings. The van der Waals surface area contributed by atoms with Crippen molar-refractivity contribution in [1.82, 2.24) is 15.2 Å². The summed E-state index contributed by atoms with van der Waals surface area (Å²) in [6.45, 7) is 6.02. The lowest BCUT2D eigenvalue weighted by Gasteiger charge is -2.31. The van der Waals surface area contributed by atoms with Crippen molar-refractivity contribution in [3.8, 4) is 0 Å². The summed E-state index contributed by atoms with van der Waals surface area (Å²) in [5.74, 6) is -0.150. The molecular weight excluding hydrogens is 338 g/mol. The Bertz CT molecular complexity index is 698. The molecule has 3 rings (SSSR count). The van der Waals surface area contributed by atoms with Gasteiger partial charge in [0.25, 0.3) is 5.91 Å². The molecule has 0 spiro atoms. The number of nitrogens with zero attached hydrogens (tertiary/aromatic N) is 2. The molecule has 1 aromatic carbocycles. The zero-order valence-electron chi connectivity index (χ0n) is 14.2. The molecule has 1 aromatic heterocycles. The van der Waals surface area contributed by atoms with Crippen LogP contribution in [0.3, 0.4) is 0 Å². The number of benzene rings is 1. The van der Waals surface area contributed by atoms with E-state index >= 15 is 0 Å². The van der Waals surface area contributed by atoms with Crippen LogP contribution in [0.5, 0.6) is 0 Å². The molecule has 1 aliphatic heterocycles. The summed E-state index contributed by atoms with van der Waals surface area (Å²) in [5, 5.41) is 3.51. The molecule has 5 nitrogen and oxygen atoms in total. The first-order valence-corrected chi connectivity index (χ1v) is 8.79. The first-order chi connectivity index (χ1) is 12.1. The van der Waals surface area contributed by atoms with Gasteiger partial charge in [-0.05, 0) is 24.6 Å². The van der Waals surface area contributed by atoms with Crippen LogP contribution in [-0.4, -0.2) is 48.6 Å². The van der Waals surface area contributed by atoms with Gasteiger partial charge in [-0.1, -0.05) is 41.4 Å². The van der Waals surface area contributed by atoms with E-state index in [4.69, 9.17) is 16.3 Å². The number of aromatic nitrogens is 1. The van der Waals surface area contributed by atoms with Gasteiger partial charge < -0.3 is 10.1 Å². The molecule has 25 heavy (non-hydrogen) atoms. The summed E-state index contributed by atoms with van der Waals surface area (Å²) in [7, 11) is 0. The topological polar surface area (TPSA) is 54.5 Å². The van der Waals surface area contributed by atoms with E-state index in [0.29, 0.717) is 10.7 Å². The van der Waals surface area contributed by atoms with Crippen LogP contribution in [0.1, 0.15) is 27.5 Å². The Labute approximate surface area is 153 Å². The van der Waals surface area contributed by atoms with E-state index in [1.807, 2.05) is 0 Å². The second-order valence-electron chi connectivity index (χ2n) is 6.22. The normalized spacial score (nSPS) is 16.4.